The van der Waals surface area contributed by atoms with Crippen molar-refractivity contribution < 1.29 is 10.2 Å². The summed E-state index contributed by atoms with van der Waals surface area (Å²) in [6, 6.07) is 0. The molecule has 1 unspecified atom stereocenters. The van der Waals surface area contributed by atoms with Gasteiger partial charge in [-0.25, -0.2) is 0 Å². The van der Waals surface area contributed by atoms with Crippen LogP contribution in [0.5, 0.6) is 0 Å². The van der Waals surface area contributed by atoms with Gasteiger partial charge in [0.2, 0.25) is 0 Å². The first-order chi connectivity index (χ1) is 6.46. The van der Waals surface area contributed by atoms with Gasteiger partial charge < -0.3 is 10.2 Å². The summed E-state index contributed by atoms with van der Waals surface area (Å²) in [5, 5.41) is 19.0. The summed E-state index contributed by atoms with van der Waals surface area (Å²) >= 11 is 0. The SMILES string of the molecule is CCC(CC)C(O)CCC(C)(C)CO. The molecule has 0 aliphatic rings. The molecular formula is C12H26O2. The zero-order valence-corrected chi connectivity index (χ0v) is 10.1. The maximum Gasteiger partial charge on any atom is 0.0568 e. The van der Waals surface area contributed by atoms with Gasteiger partial charge in [0.25, 0.3) is 0 Å². The van der Waals surface area contributed by atoms with Gasteiger partial charge in [0, 0.05) is 6.61 Å². The highest BCUT2D eigenvalue weighted by Gasteiger charge is 2.21. The Morgan fingerprint density at radius 3 is 2.00 bits per heavy atom. The van der Waals surface area contributed by atoms with Gasteiger partial charge in [-0.15, -0.1) is 0 Å². The van der Waals surface area contributed by atoms with Crippen LogP contribution in [0, 0.1) is 11.3 Å². The minimum atomic E-state index is -0.198. The van der Waals surface area contributed by atoms with Gasteiger partial charge in [-0.05, 0) is 24.2 Å². The zero-order valence-electron chi connectivity index (χ0n) is 10.1. The Morgan fingerprint density at radius 1 is 1.14 bits per heavy atom. The summed E-state index contributed by atoms with van der Waals surface area (Å²) in [6.45, 7) is 8.50. The van der Waals surface area contributed by atoms with Crippen LogP contribution in [0.4, 0.5) is 0 Å². The molecule has 0 saturated carbocycles. The van der Waals surface area contributed by atoms with Crippen molar-refractivity contribution in [3.8, 4) is 0 Å². The van der Waals surface area contributed by atoms with Crippen LogP contribution >= 0.6 is 0 Å². The Bertz CT molecular complexity index is 139. The quantitative estimate of drug-likeness (QED) is 0.666. The molecule has 2 heteroatoms. The lowest BCUT2D eigenvalue weighted by molar-refractivity contribution is 0.0670. The fourth-order valence-electron chi connectivity index (χ4n) is 1.69. The third-order valence-electron chi connectivity index (χ3n) is 3.14. The van der Waals surface area contributed by atoms with E-state index in [4.69, 9.17) is 5.11 Å². The van der Waals surface area contributed by atoms with Gasteiger partial charge >= 0.3 is 0 Å². The molecule has 0 aromatic rings. The Balaban J connectivity index is 3.88. The molecule has 0 spiro atoms. The average Bonchev–Trinajstić information content (AvgIpc) is 2.17. The molecule has 0 bridgehead atoms. The molecule has 0 radical (unpaired) electrons. The van der Waals surface area contributed by atoms with Gasteiger partial charge in [-0.2, -0.15) is 0 Å². The van der Waals surface area contributed by atoms with Crippen LogP contribution < -0.4 is 0 Å². The predicted molar refractivity (Wildman–Crippen MR) is 60.2 cm³/mol. The highest BCUT2D eigenvalue weighted by atomic mass is 16.3. The maximum atomic E-state index is 9.89. The van der Waals surface area contributed by atoms with Crippen molar-refractivity contribution in [2.24, 2.45) is 11.3 Å². The fraction of sp³-hybridized carbons (Fsp3) is 1.00. The molecule has 0 aliphatic heterocycles. The van der Waals surface area contributed by atoms with E-state index >= 15 is 0 Å². The van der Waals surface area contributed by atoms with Crippen molar-refractivity contribution in [1.82, 2.24) is 0 Å². The van der Waals surface area contributed by atoms with Crippen molar-refractivity contribution in [3.05, 3.63) is 0 Å². The van der Waals surface area contributed by atoms with Gasteiger partial charge in [-0.1, -0.05) is 40.5 Å². The molecule has 2 N–H and O–H groups in total. The fourth-order valence-corrected chi connectivity index (χ4v) is 1.69. The lowest BCUT2D eigenvalue weighted by atomic mass is 9.84. The molecule has 2 nitrogen and oxygen atoms in total. The minimum absolute atomic E-state index is 0.0486. The zero-order chi connectivity index (χ0) is 11.2. The maximum absolute atomic E-state index is 9.89. The van der Waals surface area contributed by atoms with Crippen molar-refractivity contribution in [1.29, 1.82) is 0 Å². The minimum Gasteiger partial charge on any atom is -0.396 e. The number of hydrogen-bond donors (Lipinski definition) is 2. The van der Waals surface area contributed by atoms with Crippen molar-refractivity contribution in [3.63, 3.8) is 0 Å². The molecule has 0 saturated heterocycles. The molecule has 0 heterocycles. The van der Waals surface area contributed by atoms with Gasteiger partial charge in [-0.3, -0.25) is 0 Å². The lowest BCUT2D eigenvalue weighted by Gasteiger charge is -2.26. The lowest BCUT2D eigenvalue weighted by Crippen LogP contribution is -2.24. The van der Waals surface area contributed by atoms with Crippen LogP contribution in [0.2, 0.25) is 0 Å². The van der Waals surface area contributed by atoms with Gasteiger partial charge in [0.15, 0.2) is 0 Å². The number of hydrogen-bond acceptors (Lipinski definition) is 2. The van der Waals surface area contributed by atoms with Crippen molar-refractivity contribution in [2.45, 2.75) is 59.5 Å². The van der Waals surface area contributed by atoms with Crippen LogP contribution in [-0.2, 0) is 0 Å². The van der Waals surface area contributed by atoms with Crippen LogP contribution in [-0.4, -0.2) is 22.9 Å². The number of rotatable bonds is 7. The van der Waals surface area contributed by atoms with E-state index < -0.39 is 0 Å². The molecular weight excluding hydrogens is 176 g/mol. The monoisotopic (exact) mass is 202 g/mol. The van der Waals surface area contributed by atoms with E-state index in [2.05, 4.69) is 13.8 Å². The normalized spacial score (nSPS) is 14.8. The summed E-state index contributed by atoms with van der Waals surface area (Å²) < 4.78 is 0. The second-order valence-corrected chi connectivity index (χ2v) is 5.00. The Labute approximate surface area is 88.3 Å². The second kappa shape index (κ2) is 6.41. The summed E-state index contributed by atoms with van der Waals surface area (Å²) in [6.07, 6.45) is 3.58. The highest BCUT2D eigenvalue weighted by molar-refractivity contribution is 4.72. The third kappa shape index (κ3) is 4.97. The predicted octanol–water partition coefficient (Wildman–Crippen LogP) is 2.58. The molecule has 14 heavy (non-hydrogen) atoms. The van der Waals surface area contributed by atoms with Crippen LogP contribution in [0.25, 0.3) is 0 Å². The number of aliphatic hydroxyl groups is 2. The van der Waals surface area contributed by atoms with Gasteiger partial charge in [0.1, 0.15) is 0 Å². The molecule has 0 aromatic heterocycles. The third-order valence-corrected chi connectivity index (χ3v) is 3.14. The first-order valence-electron chi connectivity index (χ1n) is 5.75. The molecule has 0 amide bonds. The van der Waals surface area contributed by atoms with E-state index in [1.54, 1.807) is 0 Å². The van der Waals surface area contributed by atoms with Crippen molar-refractivity contribution in [2.75, 3.05) is 6.61 Å². The largest absolute Gasteiger partial charge is 0.396 e. The molecule has 0 aromatic carbocycles. The van der Waals surface area contributed by atoms with Crippen molar-refractivity contribution >= 4 is 0 Å². The van der Waals surface area contributed by atoms with Crippen LogP contribution in [0.15, 0.2) is 0 Å². The van der Waals surface area contributed by atoms with E-state index in [1.165, 1.54) is 0 Å². The summed E-state index contributed by atoms with van der Waals surface area (Å²) in [5.41, 5.74) is -0.0486. The summed E-state index contributed by atoms with van der Waals surface area (Å²) in [4.78, 5) is 0. The molecule has 0 aliphatic carbocycles. The standard InChI is InChI=1S/C12H26O2/c1-5-10(6-2)11(14)7-8-12(3,4)9-13/h10-11,13-14H,5-9H2,1-4H3. The van der Waals surface area contributed by atoms with Gasteiger partial charge in [0.05, 0.1) is 6.10 Å². The van der Waals surface area contributed by atoms with E-state index in [9.17, 15) is 5.11 Å². The average molecular weight is 202 g/mol. The Kier molecular flexibility index (Phi) is 6.38. The van der Waals surface area contributed by atoms with E-state index in [-0.39, 0.29) is 18.1 Å². The van der Waals surface area contributed by atoms with E-state index in [0.717, 1.165) is 25.7 Å². The molecule has 86 valence electrons. The topological polar surface area (TPSA) is 40.5 Å². The smallest absolute Gasteiger partial charge is 0.0568 e. The van der Waals surface area contributed by atoms with E-state index in [1.807, 2.05) is 13.8 Å². The summed E-state index contributed by atoms with van der Waals surface area (Å²) in [5.74, 6) is 0.421. The Hall–Kier alpha value is -0.0800. The highest BCUT2D eigenvalue weighted by Crippen LogP contribution is 2.25. The summed E-state index contributed by atoms with van der Waals surface area (Å²) in [7, 11) is 0. The first-order valence-corrected chi connectivity index (χ1v) is 5.75. The van der Waals surface area contributed by atoms with Crippen LogP contribution in [0.1, 0.15) is 53.4 Å². The second-order valence-electron chi connectivity index (χ2n) is 5.00. The Morgan fingerprint density at radius 2 is 1.64 bits per heavy atom. The molecule has 0 rings (SSSR count). The van der Waals surface area contributed by atoms with E-state index in [0.29, 0.717) is 5.92 Å². The first kappa shape index (κ1) is 13.9. The molecule has 1 atom stereocenters. The molecule has 0 fully saturated rings. The van der Waals surface area contributed by atoms with Crippen LogP contribution in [0.3, 0.4) is 0 Å². The number of aliphatic hydroxyl groups excluding tert-OH is 2.